The Balaban J connectivity index is 1.44. The topological polar surface area (TPSA) is 53.1 Å². The molecule has 3 saturated heterocycles. The van der Waals surface area contributed by atoms with Crippen LogP contribution in [0.5, 0.6) is 0 Å². The maximum Gasteiger partial charge on any atom is 0.323 e. The molecule has 1 atom stereocenters. The van der Waals surface area contributed by atoms with Gasteiger partial charge in [0.2, 0.25) is 5.91 Å². The van der Waals surface area contributed by atoms with Crippen LogP contribution in [0.3, 0.4) is 0 Å². The molecule has 0 radical (unpaired) electrons. The van der Waals surface area contributed by atoms with Crippen LogP contribution in [-0.4, -0.2) is 85.0 Å². The highest BCUT2D eigenvalue weighted by Crippen LogP contribution is 2.16. The molecule has 0 bridgehead atoms. The molecule has 0 aromatic rings. The summed E-state index contributed by atoms with van der Waals surface area (Å²) in [6.07, 6.45) is 3.10. The van der Waals surface area contributed by atoms with E-state index >= 15 is 0 Å². The molecule has 3 aliphatic heterocycles. The van der Waals surface area contributed by atoms with Crippen LogP contribution in [-0.2, 0) is 14.3 Å². The van der Waals surface area contributed by atoms with Crippen LogP contribution in [0.4, 0.5) is 0 Å². The highest BCUT2D eigenvalue weighted by atomic mass is 16.5. The van der Waals surface area contributed by atoms with Gasteiger partial charge in [0.05, 0.1) is 13.2 Å². The van der Waals surface area contributed by atoms with E-state index in [1.54, 1.807) is 0 Å². The Morgan fingerprint density at radius 1 is 1.10 bits per heavy atom. The average Bonchev–Trinajstić information content (AvgIpc) is 3.11. The molecule has 1 amide bonds. The van der Waals surface area contributed by atoms with Gasteiger partial charge in [-0.2, -0.15) is 0 Å². The van der Waals surface area contributed by atoms with Gasteiger partial charge in [-0.3, -0.25) is 19.4 Å². The van der Waals surface area contributed by atoms with Crippen molar-refractivity contribution in [1.29, 1.82) is 0 Å². The standard InChI is InChI=1S/C14H23N3O3/c18-13(17-4-1-2-5-17)11-15-6-8-16(9-7-15)12-3-10-20-14(12)19/h12H,1-11H2. The molecule has 3 rings (SSSR count). The van der Waals surface area contributed by atoms with Crippen molar-refractivity contribution in [3.63, 3.8) is 0 Å². The first-order valence-electron chi connectivity index (χ1n) is 7.65. The van der Waals surface area contributed by atoms with Gasteiger partial charge in [-0.15, -0.1) is 0 Å². The number of piperazine rings is 1. The third-order valence-corrected chi connectivity index (χ3v) is 4.57. The summed E-state index contributed by atoms with van der Waals surface area (Å²) in [5.74, 6) is 0.183. The van der Waals surface area contributed by atoms with E-state index in [0.29, 0.717) is 13.2 Å². The van der Waals surface area contributed by atoms with Gasteiger partial charge in [0.1, 0.15) is 6.04 Å². The smallest absolute Gasteiger partial charge is 0.323 e. The van der Waals surface area contributed by atoms with Crippen LogP contribution in [0.15, 0.2) is 0 Å². The number of rotatable bonds is 3. The molecule has 0 spiro atoms. The maximum atomic E-state index is 12.1. The van der Waals surface area contributed by atoms with Crippen LogP contribution in [0, 0.1) is 0 Å². The first-order valence-corrected chi connectivity index (χ1v) is 7.65. The molecule has 6 nitrogen and oxygen atoms in total. The summed E-state index contributed by atoms with van der Waals surface area (Å²) in [4.78, 5) is 30.0. The number of hydrogen-bond acceptors (Lipinski definition) is 5. The largest absolute Gasteiger partial charge is 0.464 e. The monoisotopic (exact) mass is 281 g/mol. The summed E-state index contributed by atoms with van der Waals surface area (Å²) in [6.45, 7) is 6.37. The van der Waals surface area contributed by atoms with E-state index in [1.165, 1.54) is 0 Å². The van der Waals surface area contributed by atoms with Gasteiger partial charge in [0.15, 0.2) is 0 Å². The van der Waals surface area contributed by atoms with Crippen LogP contribution >= 0.6 is 0 Å². The zero-order valence-corrected chi connectivity index (χ0v) is 11.9. The maximum absolute atomic E-state index is 12.1. The number of hydrogen-bond donors (Lipinski definition) is 0. The lowest BCUT2D eigenvalue weighted by molar-refractivity contribution is -0.143. The number of likely N-dealkylation sites (tertiary alicyclic amines) is 1. The normalized spacial score (nSPS) is 28.9. The fraction of sp³-hybridized carbons (Fsp3) is 0.857. The second-order valence-electron chi connectivity index (χ2n) is 5.87. The predicted molar refractivity (Wildman–Crippen MR) is 73.2 cm³/mol. The van der Waals surface area contributed by atoms with Gasteiger partial charge in [0.25, 0.3) is 0 Å². The molecule has 0 aromatic heterocycles. The molecular weight excluding hydrogens is 258 g/mol. The summed E-state index contributed by atoms with van der Waals surface area (Å²) in [6, 6.07) is -0.0496. The first-order chi connectivity index (χ1) is 9.74. The molecule has 6 heteroatoms. The van der Waals surface area contributed by atoms with Gasteiger partial charge in [-0.1, -0.05) is 0 Å². The van der Waals surface area contributed by atoms with Crippen LogP contribution in [0.2, 0.25) is 0 Å². The van der Waals surface area contributed by atoms with Gasteiger partial charge >= 0.3 is 5.97 Å². The van der Waals surface area contributed by atoms with Crippen molar-refractivity contribution in [3.05, 3.63) is 0 Å². The van der Waals surface area contributed by atoms with E-state index in [0.717, 1.165) is 58.5 Å². The molecule has 112 valence electrons. The Hall–Kier alpha value is -1.14. The summed E-state index contributed by atoms with van der Waals surface area (Å²) in [5, 5.41) is 0. The molecule has 0 aliphatic carbocycles. The number of cyclic esters (lactones) is 1. The van der Waals surface area contributed by atoms with E-state index < -0.39 is 0 Å². The first kappa shape index (κ1) is 13.8. The van der Waals surface area contributed by atoms with E-state index in [1.807, 2.05) is 4.90 Å². The predicted octanol–water partition coefficient (Wildman–Crippen LogP) is -0.458. The molecule has 20 heavy (non-hydrogen) atoms. The number of amides is 1. The SMILES string of the molecule is O=C1OCCC1N1CCN(CC(=O)N2CCCC2)CC1. The molecular formula is C14H23N3O3. The van der Waals surface area contributed by atoms with Crippen molar-refractivity contribution in [2.45, 2.75) is 25.3 Å². The van der Waals surface area contributed by atoms with Crippen molar-refractivity contribution in [3.8, 4) is 0 Å². The molecule has 3 aliphatic rings. The second-order valence-corrected chi connectivity index (χ2v) is 5.87. The Labute approximate surface area is 119 Å². The summed E-state index contributed by atoms with van der Waals surface area (Å²) in [7, 11) is 0. The van der Waals surface area contributed by atoms with Gasteiger partial charge in [0, 0.05) is 45.7 Å². The van der Waals surface area contributed by atoms with Crippen molar-refractivity contribution < 1.29 is 14.3 Å². The van der Waals surface area contributed by atoms with Crippen molar-refractivity contribution in [2.75, 3.05) is 52.4 Å². The Morgan fingerprint density at radius 3 is 2.40 bits per heavy atom. The van der Waals surface area contributed by atoms with E-state index in [-0.39, 0.29) is 17.9 Å². The number of ether oxygens (including phenoxy) is 1. The summed E-state index contributed by atoms with van der Waals surface area (Å²) < 4.78 is 5.02. The molecule has 0 saturated carbocycles. The average molecular weight is 281 g/mol. The lowest BCUT2D eigenvalue weighted by atomic mass is 10.2. The van der Waals surface area contributed by atoms with Gasteiger partial charge < -0.3 is 9.64 Å². The molecule has 3 fully saturated rings. The quantitative estimate of drug-likeness (QED) is 0.655. The second kappa shape index (κ2) is 6.10. The Kier molecular flexibility index (Phi) is 4.21. The highest BCUT2D eigenvalue weighted by Gasteiger charge is 2.34. The van der Waals surface area contributed by atoms with E-state index in [4.69, 9.17) is 4.74 Å². The summed E-state index contributed by atoms with van der Waals surface area (Å²) >= 11 is 0. The lowest BCUT2D eigenvalue weighted by Crippen LogP contribution is -2.53. The third kappa shape index (κ3) is 2.96. The van der Waals surface area contributed by atoms with Crippen molar-refractivity contribution in [2.24, 2.45) is 0 Å². The van der Waals surface area contributed by atoms with Gasteiger partial charge in [-0.25, -0.2) is 0 Å². The zero-order chi connectivity index (χ0) is 13.9. The fourth-order valence-electron chi connectivity index (χ4n) is 3.31. The molecule has 0 N–H and O–H groups in total. The minimum atomic E-state index is -0.0772. The van der Waals surface area contributed by atoms with Crippen molar-refractivity contribution in [1.82, 2.24) is 14.7 Å². The number of carbonyl (C=O) groups is 2. The number of nitrogens with zero attached hydrogens (tertiary/aromatic N) is 3. The lowest BCUT2D eigenvalue weighted by Gasteiger charge is -2.36. The molecule has 0 aromatic carbocycles. The van der Waals surface area contributed by atoms with Crippen LogP contribution in [0.25, 0.3) is 0 Å². The molecule has 1 unspecified atom stereocenters. The number of carbonyl (C=O) groups excluding carboxylic acids is 2. The minimum Gasteiger partial charge on any atom is -0.464 e. The van der Waals surface area contributed by atoms with Crippen LogP contribution in [0.1, 0.15) is 19.3 Å². The van der Waals surface area contributed by atoms with Crippen LogP contribution < -0.4 is 0 Å². The number of esters is 1. The van der Waals surface area contributed by atoms with Crippen molar-refractivity contribution >= 4 is 11.9 Å². The molecule has 3 heterocycles. The van der Waals surface area contributed by atoms with E-state index in [2.05, 4.69) is 9.80 Å². The Morgan fingerprint density at radius 2 is 1.80 bits per heavy atom. The third-order valence-electron chi connectivity index (χ3n) is 4.57. The minimum absolute atomic E-state index is 0.0496. The Bertz CT molecular complexity index is 374. The highest BCUT2D eigenvalue weighted by molar-refractivity contribution is 5.78. The summed E-state index contributed by atoms with van der Waals surface area (Å²) in [5.41, 5.74) is 0. The fourth-order valence-corrected chi connectivity index (χ4v) is 3.31. The van der Waals surface area contributed by atoms with E-state index in [9.17, 15) is 9.59 Å². The van der Waals surface area contributed by atoms with Gasteiger partial charge in [-0.05, 0) is 12.8 Å². The zero-order valence-electron chi connectivity index (χ0n) is 11.9.